The highest BCUT2D eigenvalue weighted by Gasteiger charge is 2.01. The summed E-state index contributed by atoms with van der Waals surface area (Å²) in [6.07, 6.45) is 0. The van der Waals surface area contributed by atoms with Crippen molar-refractivity contribution in [2.24, 2.45) is 10.2 Å². The highest BCUT2D eigenvalue weighted by Crippen LogP contribution is 2.29. The van der Waals surface area contributed by atoms with Gasteiger partial charge in [0.2, 0.25) is 0 Å². The lowest BCUT2D eigenvalue weighted by Crippen LogP contribution is -1.78. The number of azo groups is 1. The fourth-order valence-electron chi connectivity index (χ4n) is 2.13. The largest absolute Gasteiger partial charge is 0.151 e. The molecule has 3 aromatic rings. The van der Waals surface area contributed by atoms with Crippen molar-refractivity contribution in [3.8, 4) is 0 Å². The first-order valence-corrected chi connectivity index (χ1v) is 9.30. The SMILES string of the molecule is CC.CC.CC.Cc1ccc(N=Nc2ccccc2)c2ccccc12. The number of aryl methyl sites for hydroxylation is 1. The van der Waals surface area contributed by atoms with Gasteiger partial charge in [0.25, 0.3) is 0 Å². The van der Waals surface area contributed by atoms with E-state index in [9.17, 15) is 0 Å². The number of rotatable bonds is 2. The van der Waals surface area contributed by atoms with Crippen molar-refractivity contribution in [3.63, 3.8) is 0 Å². The van der Waals surface area contributed by atoms with Gasteiger partial charge in [0.15, 0.2) is 0 Å². The van der Waals surface area contributed by atoms with E-state index in [-0.39, 0.29) is 0 Å². The molecule has 0 bridgehead atoms. The van der Waals surface area contributed by atoms with Crippen molar-refractivity contribution in [1.29, 1.82) is 0 Å². The third kappa shape index (κ3) is 6.88. The van der Waals surface area contributed by atoms with Crippen molar-refractivity contribution >= 4 is 22.1 Å². The summed E-state index contributed by atoms with van der Waals surface area (Å²) in [7, 11) is 0. The number of hydrogen-bond donors (Lipinski definition) is 0. The van der Waals surface area contributed by atoms with Gasteiger partial charge in [0, 0.05) is 5.39 Å². The summed E-state index contributed by atoms with van der Waals surface area (Å²) in [6.45, 7) is 14.1. The monoisotopic (exact) mass is 336 g/mol. The molecular weight excluding hydrogens is 304 g/mol. The Balaban J connectivity index is 0.000000871. The van der Waals surface area contributed by atoms with Crippen LogP contribution in [-0.2, 0) is 0 Å². The van der Waals surface area contributed by atoms with E-state index in [2.05, 4.69) is 35.4 Å². The zero-order chi connectivity index (χ0) is 19.1. The smallest absolute Gasteiger partial charge is 0.0935 e. The maximum atomic E-state index is 4.37. The molecule has 0 radical (unpaired) electrons. The lowest BCUT2D eigenvalue weighted by Gasteiger charge is -2.04. The van der Waals surface area contributed by atoms with Gasteiger partial charge in [0.05, 0.1) is 11.4 Å². The molecule has 134 valence electrons. The van der Waals surface area contributed by atoms with E-state index in [1.54, 1.807) is 0 Å². The molecule has 0 spiro atoms. The molecule has 0 heterocycles. The van der Waals surface area contributed by atoms with E-state index < -0.39 is 0 Å². The van der Waals surface area contributed by atoms with E-state index >= 15 is 0 Å². The van der Waals surface area contributed by atoms with Crippen molar-refractivity contribution in [2.75, 3.05) is 0 Å². The van der Waals surface area contributed by atoms with Gasteiger partial charge in [-0.25, -0.2) is 0 Å². The van der Waals surface area contributed by atoms with Crippen LogP contribution in [0.15, 0.2) is 77.0 Å². The van der Waals surface area contributed by atoms with E-state index in [1.807, 2.05) is 90.1 Å². The zero-order valence-electron chi connectivity index (χ0n) is 16.7. The van der Waals surface area contributed by atoms with E-state index in [0.717, 1.165) is 16.8 Å². The summed E-state index contributed by atoms with van der Waals surface area (Å²) in [5.74, 6) is 0. The number of hydrogen-bond acceptors (Lipinski definition) is 2. The summed E-state index contributed by atoms with van der Waals surface area (Å²) < 4.78 is 0. The first-order valence-electron chi connectivity index (χ1n) is 9.30. The Morgan fingerprint density at radius 3 is 1.64 bits per heavy atom. The fourth-order valence-corrected chi connectivity index (χ4v) is 2.13. The summed E-state index contributed by atoms with van der Waals surface area (Å²) in [6, 6.07) is 22.2. The molecule has 2 heteroatoms. The molecule has 0 atom stereocenters. The van der Waals surface area contributed by atoms with Gasteiger partial charge in [-0.2, -0.15) is 5.11 Å². The topological polar surface area (TPSA) is 24.7 Å². The summed E-state index contributed by atoms with van der Waals surface area (Å²) in [5.41, 5.74) is 3.03. The number of nitrogens with zero attached hydrogens (tertiary/aromatic N) is 2. The average molecular weight is 337 g/mol. The molecule has 0 aliphatic rings. The molecule has 0 aliphatic carbocycles. The third-order valence-corrected chi connectivity index (χ3v) is 3.15. The normalized spacial score (nSPS) is 9.24. The fraction of sp³-hybridized carbons (Fsp3) is 0.304. The molecule has 3 aromatic carbocycles. The Kier molecular flexibility index (Phi) is 12.5. The lowest BCUT2D eigenvalue weighted by molar-refractivity contribution is 1.24. The molecule has 0 fully saturated rings. The highest BCUT2D eigenvalue weighted by molar-refractivity contribution is 5.94. The van der Waals surface area contributed by atoms with Crippen LogP contribution >= 0.6 is 0 Å². The molecule has 0 unspecified atom stereocenters. The quantitative estimate of drug-likeness (QED) is 0.418. The average Bonchev–Trinajstić information content (AvgIpc) is 2.73. The van der Waals surface area contributed by atoms with Crippen LogP contribution in [-0.4, -0.2) is 0 Å². The van der Waals surface area contributed by atoms with Crippen LogP contribution in [0.3, 0.4) is 0 Å². The van der Waals surface area contributed by atoms with E-state index in [1.165, 1.54) is 10.9 Å². The Bertz CT molecular complexity index is 731. The maximum absolute atomic E-state index is 4.37. The second kappa shape index (κ2) is 13.9. The van der Waals surface area contributed by atoms with Gasteiger partial charge in [-0.3, -0.25) is 0 Å². The van der Waals surface area contributed by atoms with Gasteiger partial charge in [-0.05, 0) is 36.1 Å². The third-order valence-electron chi connectivity index (χ3n) is 3.15. The number of benzene rings is 3. The van der Waals surface area contributed by atoms with Gasteiger partial charge < -0.3 is 0 Å². The first kappa shape index (κ1) is 22.5. The molecular formula is C23H32N2. The van der Waals surface area contributed by atoms with Crippen LogP contribution in [0.25, 0.3) is 10.8 Å². The summed E-state index contributed by atoms with van der Waals surface area (Å²) in [4.78, 5) is 0. The minimum absolute atomic E-state index is 0.868. The van der Waals surface area contributed by atoms with Crippen LogP contribution in [0.5, 0.6) is 0 Å². The molecule has 2 nitrogen and oxygen atoms in total. The standard InChI is InChI=1S/C17H14N2.3C2H6/c1-13-11-12-17(16-10-6-5-9-15(13)16)19-18-14-7-3-2-4-8-14;3*1-2/h2-12H,1H3;3*1-2H3. The van der Waals surface area contributed by atoms with Gasteiger partial charge in [0.1, 0.15) is 0 Å². The summed E-state index contributed by atoms with van der Waals surface area (Å²) in [5, 5.41) is 11.0. The Morgan fingerprint density at radius 2 is 1.04 bits per heavy atom. The molecule has 0 aliphatic heterocycles. The van der Waals surface area contributed by atoms with E-state index in [0.29, 0.717) is 0 Å². The Labute approximate surface area is 153 Å². The molecule has 0 saturated carbocycles. The minimum Gasteiger partial charge on any atom is -0.151 e. The van der Waals surface area contributed by atoms with Crippen molar-refractivity contribution in [1.82, 2.24) is 0 Å². The molecule has 3 rings (SSSR count). The van der Waals surface area contributed by atoms with Crippen molar-refractivity contribution < 1.29 is 0 Å². The Morgan fingerprint density at radius 1 is 0.520 bits per heavy atom. The van der Waals surface area contributed by atoms with Gasteiger partial charge in [-0.15, -0.1) is 5.11 Å². The second-order valence-electron chi connectivity index (χ2n) is 4.48. The maximum Gasteiger partial charge on any atom is 0.0935 e. The second-order valence-corrected chi connectivity index (χ2v) is 4.48. The molecule has 0 saturated heterocycles. The predicted molar refractivity (Wildman–Crippen MR) is 113 cm³/mol. The lowest BCUT2D eigenvalue weighted by atomic mass is 10.0. The van der Waals surface area contributed by atoms with E-state index in [4.69, 9.17) is 0 Å². The Hall–Kier alpha value is -2.48. The highest BCUT2D eigenvalue weighted by atomic mass is 15.1. The van der Waals surface area contributed by atoms with Gasteiger partial charge >= 0.3 is 0 Å². The van der Waals surface area contributed by atoms with Crippen LogP contribution in [0, 0.1) is 6.92 Å². The molecule has 0 N–H and O–H groups in total. The zero-order valence-corrected chi connectivity index (χ0v) is 16.7. The van der Waals surface area contributed by atoms with Crippen LogP contribution in [0.4, 0.5) is 11.4 Å². The van der Waals surface area contributed by atoms with Crippen molar-refractivity contribution in [2.45, 2.75) is 48.5 Å². The van der Waals surface area contributed by atoms with Gasteiger partial charge in [-0.1, -0.05) is 90.1 Å². The van der Waals surface area contributed by atoms with Crippen LogP contribution < -0.4 is 0 Å². The molecule has 25 heavy (non-hydrogen) atoms. The first-order chi connectivity index (χ1) is 12.3. The van der Waals surface area contributed by atoms with Crippen LogP contribution in [0.2, 0.25) is 0 Å². The molecule has 0 aromatic heterocycles. The van der Waals surface area contributed by atoms with Crippen LogP contribution in [0.1, 0.15) is 47.1 Å². The summed E-state index contributed by atoms with van der Waals surface area (Å²) >= 11 is 0. The number of fused-ring (bicyclic) bond motifs is 1. The predicted octanol–water partition coefficient (Wildman–Crippen LogP) is 8.64. The minimum atomic E-state index is 0.868. The van der Waals surface area contributed by atoms with Crippen molar-refractivity contribution in [3.05, 3.63) is 72.3 Å². The molecule has 0 amide bonds.